The summed E-state index contributed by atoms with van der Waals surface area (Å²) >= 11 is 6.15. The second-order valence-electron chi connectivity index (χ2n) is 7.24. The summed E-state index contributed by atoms with van der Waals surface area (Å²) in [5.74, 6) is -1.31. The van der Waals surface area contributed by atoms with E-state index in [0.717, 1.165) is 22.4 Å². The van der Waals surface area contributed by atoms with Crippen molar-refractivity contribution in [2.75, 3.05) is 16.8 Å². The molecule has 2 atom stereocenters. The Hall–Kier alpha value is -3.26. The van der Waals surface area contributed by atoms with Gasteiger partial charge < -0.3 is 5.32 Å². The standard InChI is InChI=1S/C21H20ClN5O3/c1-3-13-5-7-14(8-6-13)23-17(28)11-26-19-18(24-25-26)20(29)27(21(19)30)15-9-4-12(2)16(22)10-15/h4-10,18-19H,3,11H2,1-2H3,(H,23,28). The molecule has 2 aromatic carbocycles. The zero-order valence-electron chi connectivity index (χ0n) is 16.5. The Labute approximate surface area is 178 Å². The third kappa shape index (κ3) is 3.54. The lowest BCUT2D eigenvalue weighted by atomic mass is 10.1. The minimum atomic E-state index is -0.964. The fourth-order valence-electron chi connectivity index (χ4n) is 3.50. The molecule has 3 amide bonds. The van der Waals surface area contributed by atoms with Crippen molar-refractivity contribution in [3.8, 4) is 0 Å². The van der Waals surface area contributed by atoms with Gasteiger partial charge in [-0.15, -0.1) is 0 Å². The Bertz CT molecular complexity index is 1050. The molecule has 9 heteroatoms. The summed E-state index contributed by atoms with van der Waals surface area (Å²) in [6.07, 6.45) is 0.907. The van der Waals surface area contributed by atoms with E-state index in [0.29, 0.717) is 16.4 Å². The first-order chi connectivity index (χ1) is 14.4. The smallest absolute Gasteiger partial charge is 0.263 e. The number of rotatable bonds is 5. The average molecular weight is 426 g/mol. The van der Waals surface area contributed by atoms with E-state index < -0.39 is 23.9 Å². The zero-order chi connectivity index (χ0) is 21.4. The highest BCUT2D eigenvalue weighted by atomic mass is 35.5. The number of imide groups is 1. The Morgan fingerprint density at radius 1 is 1.13 bits per heavy atom. The highest BCUT2D eigenvalue weighted by molar-refractivity contribution is 6.32. The van der Waals surface area contributed by atoms with Gasteiger partial charge in [0.25, 0.3) is 11.8 Å². The lowest BCUT2D eigenvalue weighted by molar-refractivity contribution is -0.123. The molecule has 0 saturated carbocycles. The van der Waals surface area contributed by atoms with Gasteiger partial charge in [0, 0.05) is 10.7 Å². The summed E-state index contributed by atoms with van der Waals surface area (Å²) in [7, 11) is 0. The van der Waals surface area contributed by atoms with Crippen LogP contribution in [0.3, 0.4) is 0 Å². The Morgan fingerprint density at radius 2 is 1.87 bits per heavy atom. The SMILES string of the molecule is CCc1ccc(NC(=O)CN2N=NC3C(=O)N(c4ccc(C)c(Cl)c4)C(=O)C32)cc1. The van der Waals surface area contributed by atoms with Crippen LogP contribution < -0.4 is 10.2 Å². The molecule has 0 aliphatic carbocycles. The number of fused-ring (bicyclic) bond motifs is 1. The van der Waals surface area contributed by atoms with Crippen LogP contribution in [0, 0.1) is 6.92 Å². The molecule has 4 rings (SSSR count). The molecular formula is C21H20ClN5O3. The summed E-state index contributed by atoms with van der Waals surface area (Å²) in [6, 6.07) is 10.6. The van der Waals surface area contributed by atoms with Gasteiger partial charge in [0.15, 0.2) is 12.1 Å². The van der Waals surface area contributed by atoms with Gasteiger partial charge in [0.1, 0.15) is 6.54 Å². The molecule has 1 fully saturated rings. The van der Waals surface area contributed by atoms with Crippen LogP contribution in [0.4, 0.5) is 11.4 Å². The van der Waals surface area contributed by atoms with Crippen molar-refractivity contribution in [1.82, 2.24) is 5.01 Å². The highest BCUT2D eigenvalue weighted by Gasteiger charge is 2.55. The number of nitrogens with zero attached hydrogens (tertiary/aromatic N) is 4. The third-order valence-corrected chi connectivity index (χ3v) is 5.63. The number of carbonyl (C=O) groups excluding carboxylic acids is 3. The predicted molar refractivity (Wildman–Crippen MR) is 112 cm³/mol. The molecule has 8 nitrogen and oxygen atoms in total. The van der Waals surface area contributed by atoms with E-state index in [-0.39, 0.29) is 12.5 Å². The van der Waals surface area contributed by atoms with Crippen molar-refractivity contribution in [3.63, 3.8) is 0 Å². The van der Waals surface area contributed by atoms with Crippen LogP contribution in [0.25, 0.3) is 0 Å². The van der Waals surface area contributed by atoms with E-state index in [4.69, 9.17) is 11.6 Å². The van der Waals surface area contributed by atoms with E-state index in [1.807, 2.05) is 31.2 Å². The van der Waals surface area contributed by atoms with E-state index in [1.165, 1.54) is 5.01 Å². The van der Waals surface area contributed by atoms with E-state index >= 15 is 0 Å². The maximum absolute atomic E-state index is 13.0. The summed E-state index contributed by atoms with van der Waals surface area (Å²) < 4.78 is 0. The number of hydrogen-bond acceptors (Lipinski definition) is 6. The second-order valence-corrected chi connectivity index (χ2v) is 7.64. The van der Waals surface area contributed by atoms with Crippen molar-refractivity contribution in [2.24, 2.45) is 10.3 Å². The first-order valence-corrected chi connectivity index (χ1v) is 9.97. The number of amides is 3. The molecule has 2 aliphatic rings. The molecule has 2 aliphatic heterocycles. The van der Waals surface area contributed by atoms with Crippen LogP contribution in [0.1, 0.15) is 18.1 Å². The summed E-state index contributed by atoms with van der Waals surface area (Å²) in [5, 5.41) is 12.3. The fourth-order valence-corrected chi connectivity index (χ4v) is 3.68. The van der Waals surface area contributed by atoms with Crippen LogP contribution in [0.5, 0.6) is 0 Å². The molecule has 154 valence electrons. The normalized spacial score (nSPS) is 20.1. The molecule has 0 aromatic heterocycles. The van der Waals surface area contributed by atoms with Crippen LogP contribution in [0.2, 0.25) is 5.02 Å². The van der Waals surface area contributed by atoms with Crippen molar-refractivity contribution in [3.05, 3.63) is 58.6 Å². The number of benzene rings is 2. The fraction of sp³-hybridized carbons (Fsp3) is 0.286. The Kier molecular flexibility index (Phi) is 5.26. The van der Waals surface area contributed by atoms with Crippen molar-refractivity contribution in [2.45, 2.75) is 32.4 Å². The minimum Gasteiger partial charge on any atom is -0.324 e. The van der Waals surface area contributed by atoms with Crippen LogP contribution in [-0.2, 0) is 20.8 Å². The molecule has 2 heterocycles. The van der Waals surface area contributed by atoms with Gasteiger partial charge in [-0.25, -0.2) is 4.90 Å². The lowest BCUT2D eigenvalue weighted by Gasteiger charge is -2.20. The maximum atomic E-state index is 13.0. The molecule has 30 heavy (non-hydrogen) atoms. The van der Waals surface area contributed by atoms with Crippen LogP contribution >= 0.6 is 11.6 Å². The number of anilines is 2. The number of nitrogens with one attached hydrogen (secondary N) is 1. The Morgan fingerprint density at radius 3 is 2.53 bits per heavy atom. The monoisotopic (exact) mass is 425 g/mol. The van der Waals surface area contributed by atoms with Crippen molar-refractivity contribution in [1.29, 1.82) is 0 Å². The Balaban J connectivity index is 1.47. The molecule has 1 N–H and O–H groups in total. The zero-order valence-corrected chi connectivity index (χ0v) is 17.3. The lowest BCUT2D eigenvalue weighted by Crippen LogP contribution is -2.43. The van der Waals surface area contributed by atoms with Gasteiger partial charge in [0.2, 0.25) is 5.91 Å². The highest BCUT2D eigenvalue weighted by Crippen LogP contribution is 2.33. The molecule has 0 radical (unpaired) electrons. The predicted octanol–water partition coefficient (Wildman–Crippen LogP) is 3.14. The van der Waals surface area contributed by atoms with Crippen molar-refractivity contribution < 1.29 is 14.4 Å². The number of halogens is 1. The van der Waals surface area contributed by atoms with Gasteiger partial charge >= 0.3 is 0 Å². The molecule has 1 saturated heterocycles. The molecule has 2 unspecified atom stereocenters. The summed E-state index contributed by atoms with van der Waals surface area (Å²) in [5.41, 5.74) is 3.03. The van der Waals surface area contributed by atoms with E-state index in [1.54, 1.807) is 18.2 Å². The van der Waals surface area contributed by atoms with Gasteiger partial charge in [-0.3, -0.25) is 19.4 Å². The quantitative estimate of drug-likeness (QED) is 0.744. The van der Waals surface area contributed by atoms with Gasteiger partial charge in [-0.05, 0) is 48.7 Å². The van der Waals surface area contributed by atoms with Crippen LogP contribution in [-0.4, -0.2) is 41.4 Å². The largest absolute Gasteiger partial charge is 0.324 e. The number of hydrogen-bond donors (Lipinski definition) is 1. The average Bonchev–Trinajstić information content (AvgIpc) is 3.24. The van der Waals surface area contributed by atoms with Gasteiger partial charge in [-0.1, -0.05) is 41.9 Å². The molecule has 2 aromatic rings. The second kappa shape index (κ2) is 7.87. The third-order valence-electron chi connectivity index (χ3n) is 5.22. The maximum Gasteiger partial charge on any atom is 0.263 e. The first-order valence-electron chi connectivity index (χ1n) is 9.59. The molecule has 0 bridgehead atoms. The molecular weight excluding hydrogens is 406 g/mol. The van der Waals surface area contributed by atoms with E-state index in [2.05, 4.69) is 22.6 Å². The number of aryl methyl sites for hydroxylation is 2. The van der Waals surface area contributed by atoms with Crippen LogP contribution in [0.15, 0.2) is 52.8 Å². The van der Waals surface area contributed by atoms with Gasteiger partial charge in [-0.2, -0.15) is 5.11 Å². The summed E-state index contributed by atoms with van der Waals surface area (Å²) in [6.45, 7) is 3.69. The summed E-state index contributed by atoms with van der Waals surface area (Å²) in [4.78, 5) is 39.3. The minimum absolute atomic E-state index is 0.193. The van der Waals surface area contributed by atoms with Gasteiger partial charge in [0.05, 0.1) is 5.69 Å². The molecule has 0 spiro atoms. The van der Waals surface area contributed by atoms with Crippen molar-refractivity contribution >= 4 is 40.7 Å². The number of carbonyl (C=O) groups is 3. The first kappa shape index (κ1) is 20.0. The topological polar surface area (TPSA) is 94.4 Å². The van der Waals surface area contributed by atoms with E-state index in [9.17, 15) is 14.4 Å².